The molecule has 0 saturated heterocycles. The molecule has 0 aliphatic heterocycles. The van der Waals surface area contributed by atoms with E-state index in [-0.39, 0.29) is 5.56 Å². The van der Waals surface area contributed by atoms with Crippen molar-refractivity contribution in [2.75, 3.05) is 0 Å². The van der Waals surface area contributed by atoms with Crippen molar-refractivity contribution in [2.45, 2.75) is 6.42 Å². The van der Waals surface area contributed by atoms with Crippen molar-refractivity contribution in [3.8, 4) is 22.5 Å². The summed E-state index contributed by atoms with van der Waals surface area (Å²) in [6, 6.07) is 15.6. The number of hydrogen-bond donors (Lipinski definition) is 2. The van der Waals surface area contributed by atoms with E-state index < -0.39 is 0 Å². The van der Waals surface area contributed by atoms with Crippen LogP contribution in [0.15, 0.2) is 64.1 Å². The Kier molecular flexibility index (Phi) is 4.02. The molecule has 3 aromatic heterocycles. The van der Waals surface area contributed by atoms with Crippen LogP contribution in [0.4, 0.5) is 0 Å². The highest BCUT2D eigenvalue weighted by Crippen LogP contribution is 2.33. The predicted molar refractivity (Wildman–Crippen MR) is 108 cm³/mol. The molecule has 136 valence electrons. The summed E-state index contributed by atoms with van der Waals surface area (Å²) in [5.74, 6) is 1.23. The van der Waals surface area contributed by atoms with E-state index in [0.29, 0.717) is 29.0 Å². The Hall–Kier alpha value is -3.65. The van der Waals surface area contributed by atoms with E-state index in [1.807, 2.05) is 35.7 Å². The molecule has 0 aliphatic carbocycles. The topological polar surface area (TPSA) is 100 Å². The number of rotatable bonds is 4. The van der Waals surface area contributed by atoms with Crippen molar-refractivity contribution in [1.82, 2.24) is 30.6 Å². The number of aromatic amines is 2. The second-order valence-corrected chi connectivity index (χ2v) is 7.08. The van der Waals surface area contributed by atoms with Crippen LogP contribution in [0.3, 0.4) is 0 Å². The van der Waals surface area contributed by atoms with Gasteiger partial charge < -0.3 is 4.98 Å². The lowest BCUT2D eigenvalue weighted by atomic mass is 10.0. The molecule has 0 spiro atoms. The third-order valence-electron chi connectivity index (χ3n) is 4.55. The molecular formula is C20H14N6OS. The molecule has 28 heavy (non-hydrogen) atoms. The first kappa shape index (κ1) is 16.5. The van der Waals surface area contributed by atoms with Crippen LogP contribution in [0.5, 0.6) is 0 Å². The minimum absolute atomic E-state index is 0.111. The summed E-state index contributed by atoms with van der Waals surface area (Å²) in [5.41, 5.74) is 4.76. The molecular weight excluding hydrogens is 372 g/mol. The Morgan fingerprint density at radius 1 is 0.964 bits per heavy atom. The molecule has 0 fully saturated rings. The minimum atomic E-state index is -0.111. The van der Waals surface area contributed by atoms with Gasteiger partial charge in [0.15, 0.2) is 0 Å². The molecule has 0 bridgehead atoms. The lowest BCUT2D eigenvalue weighted by molar-refractivity contribution is 0.881. The third kappa shape index (κ3) is 2.99. The summed E-state index contributed by atoms with van der Waals surface area (Å²) in [6.45, 7) is 0. The Labute approximate surface area is 163 Å². The lowest BCUT2D eigenvalue weighted by Crippen LogP contribution is -2.12. The fourth-order valence-electron chi connectivity index (χ4n) is 3.18. The first-order valence-electron chi connectivity index (χ1n) is 8.65. The van der Waals surface area contributed by atoms with Crippen LogP contribution >= 0.6 is 11.3 Å². The van der Waals surface area contributed by atoms with Crippen LogP contribution in [-0.4, -0.2) is 30.6 Å². The highest BCUT2D eigenvalue weighted by molar-refractivity contribution is 7.08. The van der Waals surface area contributed by atoms with E-state index in [1.165, 1.54) is 0 Å². The standard InChI is InChI=1S/C20H14N6OS/c27-20-14-3-1-2-4-17(14)21-18(22-20)9-12-5-7-13(8-6-12)15-10-28-11-16(15)19-23-25-26-24-19/h1-8,10-11H,9H2,(H,21,22,27)(H,23,24,25,26). The van der Waals surface area contributed by atoms with Gasteiger partial charge in [-0.25, -0.2) is 4.98 Å². The number of para-hydroxylation sites is 1. The van der Waals surface area contributed by atoms with Gasteiger partial charge >= 0.3 is 0 Å². The number of hydrogen-bond acceptors (Lipinski definition) is 6. The first-order valence-corrected chi connectivity index (χ1v) is 9.59. The van der Waals surface area contributed by atoms with Gasteiger partial charge in [0.25, 0.3) is 5.56 Å². The van der Waals surface area contributed by atoms with Crippen molar-refractivity contribution in [3.63, 3.8) is 0 Å². The maximum atomic E-state index is 12.2. The van der Waals surface area contributed by atoms with Crippen LogP contribution in [0.2, 0.25) is 0 Å². The van der Waals surface area contributed by atoms with Gasteiger partial charge in [0, 0.05) is 22.9 Å². The Balaban J connectivity index is 1.44. The lowest BCUT2D eigenvalue weighted by Gasteiger charge is -2.06. The Bertz CT molecular complexity index is 1300. The molecule has 8 heteroatoms. The molecule has 0 amide bonds. The number of tetrazole rings is 1. The van der Waals surface area contributed by atoms with Gasteiger partial charge in [-0.3, -0.25) is 4.79 Å². The van der Waals surface area contributed by atoms with Crippen molar-refractivity contribution in [2.24, 2.45) is 0 Å². The average Bonchev–Trinajstić information content (AvgIpc) is 3.40. The molecule has 2 N–H and O–H groups in total. The molecule has 0 saturated carbocycles. The monoisotopic (exact) mass is 386 g/mol. The van der Waals surface area contributed by atoms with Gasteiger partial charge in [0.05, 0.1) is 10.9 Å². The summed E-state index contributed by atoms with van der Waals surface area (Å²) >= 11 is 1.60. The molecule has 2 aromatic carbocycles. The number of nitrogens with zero attached hydrogens (tertiary/aromatic N) is 4. The third-order valence-corrected chi connectivity index (χ3v) is 5.29. The summed E-state index contributed by atoms with van der Waals surface area (Å²) in [4.78, 5) is 19.7. The van der Waals surface area contributed by atoms with E-state index in [1.54, 1.807) is 17.4 Å². The highest BCUT2D eigenvalue weighted by atomic mass is 32.1. The number of thiophene rings is 1. The summed E-state index contributed by atoms with van der Waals surface area (Å²) in [6.07, 6.45) is 0.557. The summed E-state index contributed by atoms with van der Waals surface area (Å²) in [7, 11) is 0. The zero-order chi connectivity index (χ0) is 18.9. The van der Waals surface area contributed by atoms with Gasteiger partial charge in [-0.05, 0) is 33.9 Å². The van der Waals surface area contributed by atoms with E-state index in [4.69, 9.17) is 0 Å². The van der Waals surface area contributed by atoms with Gasteiger partial charge in [-0.2, -0.15) is 16.6 Å². The first-order chi connectivity index (χ1) is 13.8. The maximum absolute atomic E-state index is 12.2. The van der Waals surface area contributed by atoms with E-state index in [0.717, 1.165) is 22.3 Å². The fraction of sp³-hybridized carbons (Fsp3) is 0.0500. The molecule has 0 unspecified atom stereocenters. The van der Waals surface area contributed by atoms with Crippen molar-refractivity contribution in [3.05, 3.63) is 81.0 Å². The average molecular weight is 386 g/mol. The molecule has 7 nitrogen and oxygen atoms in total. The van der Waals surface area contributed by atoms with Crippen molar-refractivity contribution >= 4 is 22.2 Å². The smallest absolute Gasteiger partial charge is 0.258 e. The molecule has 0 radical (unpaired) electrons. The molecule has 5 aromatic rings. The number of benzene rings is 2. The zero-order valence-electron chi connectivity index (χ0n) is 14.6. The molecule has 0 atom stereocenters. The van der Waals surface area contributed by atoms with Crippen molar-refractivity contribution in [1.29, 1.82) is 0 Å². The van der Waals surface area contributed by atoms with Crippen LogP contribution in [0.25, 0.3) is 33.4 Å². The van der Waals surface area contributed by atoms with Gasteiger partial charge in [-0.15, -0.1) is 10.2 Å². The summed E-state index contributed by atoms with van der Waals surface area (Å²) < 4.78 is 0. The number of aromatic nitrogens is 6. The second kappa shape index (κ2) is 6.82. The van der Waals surface area contributed by atoms with Crippen LogP contribution in [0.1, 0.15) is 11.4 Å². The fourth-order valence-corrected chi connectivity index (χ4v) is 4.02. The highest BCUT2D eigenvalue weighted by Gasteiger charge is 2.12. The Morgan fingerprint density at radius 2 is 1.79 bits per heavy atom. The van der Waals surface area contributed by atoms with E-state index in [2.05, 4.69) is 48.1 Å². The van der Waals surface area contributed by atoms with Crippen LogP contribution in [0, 0.1) is 0 Å². The Morgan fingerprint density at radius 3 is 2.61 bits per heavy atom. The SMILES string of the molecule is O=c1[nH]c(Cc2ccc(-c3cscc3-c3nn[nH]n3)cc2)nc2ccccc12. The number of H-pyrrole nitrogens is 2. The molecule has 3 heterocycles. The van der Waals surface area contributed by atoms with Crippen LogP contribution < -0.4 is 5.56 Å². The van der Waals surface area contributed by atoms with E-state index in [9.17, 15) is 4.79 Å². The van der Waals surface area contributed by atoms with Crippen molar-refractivity contribution < 1.29 is 0 Å². The minimum Gasteiger partial charge on any atom is -0.310 e. The number of nitrogens with one attached hydrogen (secondary N) is 2. The van der Waals surface area contributed by atoms with E-state index >= 15 is 0 Å². The molecule has 0 aliphatic rings. The quantitative estimate of drug-likeness (QED) is 0.493. The predicted octanol–water partition coefficient (Wildman–Crippen LogP) is 3.42. The number of fused-ring (bicyclic) bond motifs is 1. The molecule has 5 rings (SSSR count). The van der Waals surface area contributed by atoms with Gasteiger partial charge in [0.2, 0.25) is 5.82 Å². The largest absolute Gasteiger partial charge is 0.310 e. The second-order valence-electron chi connectivity index (χ2n) is 6.34. The van der Waals surface area contributed by atoms with Gasteiger partial charge in [0.1, 0.15) is 5.82 Å². The van der Waals surface area contributed by atoms with Gasteiger partial charge in [-0.1, -0.05) is 36.4 Å². The normalized spacial score (nSPS) is 11.1. The maximum Gasteiger partial charge on any atom is 0.258 e. The summed E-state index contributed by atoms with van der Waals surface area (Å²) in [5, 5.41) is 19.0. The van der Waals surface area contributed by atoms with Crippen LogP contribution in [-0.2, 0) is 6.42 Å². The zero-order valence-corrected chi connectivity index (χ0v) is 15.4.